The molecule has 34 heavy (non-hydrogen) atoms. The molecule has 2 aliphatic heterocycles. The van der Waals surface area contributed by atoms with E-state index in [1.807, 2.05) is 35.0 Å². The van der Waals surface area contributed by atoms with Gasteiger partial charge in [0.2, 0.25) is 0 Å². The Hall–Kier alpha value is -3.31. The molecule has 0 radical (unpaired) electrons. The first-order valence-corrected chi connectivity index (χ1v) is 11.5. The van der Waals surface area contributed by atoms with E-state index in [1.165, 1.54) is 0 Å². The Bertz CT molecular complexity index is 914. The number of aromatic nitrogens is 2. The molecule has 0 bridgehead atoms. The number of hydrogen-bond donors (Lipinski definition) is 1. The molecule has 2 aromatic rings. The van der Waals surface area contributed by atoms with E-state index in [2.05, 4.69) is 15.2 Å². The van der Waals surface area contributed by atoms with Crippen molar-refractivity contribution in [1.82, 2.24) is 19.8 Å². The van der Waals surface area contributed by atoms with Crippen molar-refractivity contribution in [2.24, 2.45) is 0 Å². The summed E-state index contributed by atoms with van der Waals surface area (Å²) in [5.41, 5.74) is 1.07. The predicted molar refractivity (Wildman–Crippen MR) is 123 cm³/mol. The van der Waals surface area contributed by atoms with Gasteiger partial charge in [-0.3, -0.25) is 4.79 Å². The number of piperazine rings is 1. The van der Waals surface area contributed by atoms with Crippen LogP contribution in [0.1, 0.15) is 6.92 Å². The lowest BCUT2D eigenvalue weighted by molar-refractivity contribution is -0.141. The maximum atomic E-state index is 12.2. The number of rotatable bonds is 9. The molecule has 0 aliphatic carbocycles. The Morgan fingerprint density at radius 1 is 1.18 bits per heavy atom. The van der Waals surface area contributed by atoms with Crippen LogP contribution in [-0.4, -0.2) is 91.4 Å². The fourth-order valence-electron chi connectivity index (χ4n) is 3.84. The summed E-state index contributed by atoms with van der Waals surface area (Å²) in [6.07, 6.45) is 4.93. The van der Waals surface area contributed by atoms with Crippen LogP contribution in [0.3, 0.4) is 0 Å². The Balaban J connectivity index is 1.16. The summed E-state index contributed by atoms with van der Waals surface area (Å²) in [7, 11) is 0. The number of nitrogens with zero attached hydrogens (tertiary/aromatic N) is 4. The summed E-state index contributed by atoms with van der Waals surface area (Å²) in [6.45, 7) is 6.00. The summed E-state index contributed by atoms with van der Waals surface area (Å²) < 4.78 is 24.2. The van der Waals surface area contributed by atoms with E-state index in [0.29, 0.717) is 52.5 Å². The van der Waals surface area contributed by atoms with Crippen LogP contribution in [0, 0.1) is 0 Å². The molecule has 1 aromatic carbocycles. The summed E-state index contributed by atoms with van der Waals surface area (Å²) in [6, 6.07) is 7.65. The molecule has 2 aliphatic rings. The van der Waals surface area contributed by atoms with Gasteiger partial charge in [0.25, 0.3) is 0 Å². The van der Waals surface area contributed by atoms with Gasteiger partial charge < -0.3 is 38.6 Å². The van der Waals surface area contributed by atoms with E-state index >= 15 is 0 Å². The highest BCUT2D eigenvalue weighted by Crippen LogP contribution is 2.22. The Morgan fingerprint density at radius 3 is 2.68 bits per heavy atom. The standard InChI is InChI=1S/C23H31N5O6/c1-2-31-21(29)13-25-23(30)28-11-9-27(10-12-28)18-3-5-19(6-4-18)32-15-20-16-33-22(34-20)14-26-8-7-24-17-26/h3-8,17,20,22H,2,9-16H2,1H3,(H,25,30). The molecule has 2 atom stereocenters. The van der Waals surface area contributed by atoms with Crippen molar-refractivity contribution in [3.05, 3.63) is 43.0 Å². The van der Waals surface area contributed by atoms with Crippen LogP contribution in [0.4, 0.5) is 10.5 Å². The van der Waals surface area contributed by atoms with Crippen molar-refractivity contribution < 1.29 is 28.5 Å². The van der Waals surface area contributed by atoms with E-state index < -0.39 is 5.97 Å². The topological polar surface area (TPSA) is 107 Å². The number of carbonyl (C=O) groups is 2. The third kappa shape index (κ3) is 6.61. The first-order valence-electron chi connectivity index (χ1n) is 11.5. The third-order valence-corrected chi connectivity index (χ3v) is 5.63. The molecule has 2 amide bonds. The third-order valence-electron chi connectivity index (χ3n) is 5.63. The lowest BCUT2D eigenvalue weighted by atomic mass is 10.2. The number of imidazole rings is 1. The van der Waals surface area contributed by atoms with Gasteiger partial charge in [-0.25, -0.2) is 9.78 Å². The molecule has 0 spiro atoms. The molecule has 0 saturated carbocycles. The largest absolute Gasteiger partial charge is 0.491 e. The van der Waals surface area contributed by atoms with Gasteiger partial charge in [-0.15, -0.1) is 0 Å². The van der Waals surface area contributed by atoms with Crippen LogP contribution in [0.25, 0.3) is 0 Å². The number of nitrogens with one attached hydrogen (secondary N) is 1. The van der Waals surface area contributed by atoms with Crippen molar-refractivity contribution in [1.29, 1.82) is 0 Å². The first-order chi connectivity index (χ1) is 16.6. The van der Waals surface area contributed by atoms with Crippen molar-refractivity contribution in [2.75, 3.05) is 57.4 Å². The van der Waals surface area contributed by atoms with E-state index in [-0.39, 0.29) is 25.0 Å². The Labute approximate surface area is 198 Å². The molecule has 184 valence electrons. The first kappa shape index (κ1) is 23.8. The summed E-state index contributed by atoms with van der Waals surface area (Å²) in [5.74, 6) is 0.334. The lowest BCUT2D eigenvalue weighted by Crippen LogP contribution is -2.52. The summed E-state index contributed by atoms with van der Waals surface area (Å²) >= 11 is 0. The van der Waals surface area contributed by atoms with Crippen molar-refractivity contribution >= 4 is 17.7 Å². The van der Waals surface area contributed by atoms with Crippen molar-refractivity contribution in [3.63, 3.8) is 0 Å². The van der Waals surface area contributed by atoms with Crippen LogP contribution in [0.15, 0.2) is 43.0 Å². The molecule has 2 fully saturated rings. The maximum Gasteiger partial charge on any atom is 0.325 e. The molecule has 3 heterocycles. The monoisotopic (exact) mass is 473 g/mol. The van der Waals surface area contributed by atoms with Gasteiger partial charge in [-0.2, -0.15) is 0 Å². The lowest BCUT2D eigenvalue weighted by Gasteiger charge is -2.36. The normalized spacial score (nSPS) is 20.3. The average molecular weight is 474 g/mol. The Kier molecular flexibility index (Phi) is 8.21. The van der Waals surface area contributed by atoms with Crippen LogP contribution < -0.4 is 15.0 Å². The molecule has 2 saturated heterocycles. The summed E-state index contributed by atoms with van der Waals surface area (Å²) in [5, 5.41) is 2.60. The number of amides is 2. The minimum Gasteiger partial charge on any atom is -0.491 e. The second-order valence-electron chi connectivity index (χ2n) is 8.02. The van der Waals surface area contributed by atoms with E-state index in [1.54, 1.807) is 24.3 Å². The van der Waals surface area contributed by atoms with E-state index in [0.717, 1.165) is 11.4 Å². The Morgan fingerprint density at radius 2 is 1.97 bits per heavy atom. The van der Waals surface area contributed by atoms with E-state index in [9.17, 15) is 9.59 Å². The summed E-state index contributed by atoms with van der Waals surface area (Å²) in [4.78, 5) is 31.6. The van der Waals surface area contributed by atoms with Gasteiger partial charge in [0.1, 0.15) is 25.0 Å². The SMILES string of the molecule is CCOC(=O)CNC(=O)N1CCN(c2ccc(OCC3COC(Cn4ccnc4)O3)cc2)CC1. The number of anilines is 1. The number of ether oxygens (including phenoxy) is 4. The zero-order valence-electron chi connectivity index (χ0n) is 19.3. The molecule has 1 N–H and O–H groups in total. The predicted octanol–water partition coefficient (Wildman–Crippen LogP) is 1.10. The maximum absolute atomic E-state index is 12.2. The molecule has 11 nitrogen and oxygen atoms in total. The quantitative estimate of drug-likeness (QED) is 0.540. The molecule has 1 aromatic heterocycles. The van der Waals surface area contributed by atoms with Gasteiger partial charge in [-0.05, 0) is 31.2 Å². The molecular weight excluding hydrogens is 442 g/mol. The van der Waals surface area contributed by atoms with Crippen LogP contribution in [0.5, 0.6) is 5.75 Å². The average Bonchev–Trinajstić information content (AvgIpc) is 3.54. The molecule has 4 rings (SSSR count). The van der Waals surface area contributed by atoms with E-state index in [4.69, 9.17) is 18.9 Å². The number of benzene rings is 1. The van der Waals surface area contributed by atoms with Gasteiger partial charge in [0.05, 0.1) is 26.1 Å². The minimum atomic E-state index is -0.432. The second kappa shape index (κ2) is 11.7. The van der Waals surface area contributed by atoms with Crippen molar-refractivity contribution in [3.8, 4) is 5.75 Å². The number of carbonyl (C=O) groups excluding carboxylic acids is 2. The van der Waals surface area contributed by atoms with Crippen molar-refractivity contribution in [2.45, 2.75) is 25.9 Å². The molecule has 2 unspecified atom stereocenters. The smallest absolute Gasteiger partial charge is 0.325 e. The van der Waals surface area contributed by atoms with Gasteiger partial charge in [-0.1, -0.05) is 0 Å². The fourth-order valence-corrected chi connectivity index (χ4v) is 3.84. The molecular formula is C23H31N5O6. The fraction of sp³-hybridized carbons (Fsp3) is 0.522. The van der Waals surface area contributed by atoms with Crippen LogP contribution in [0.2, 0.25) is 0 Å². The second-order valence-corrected chi connectivity index (χ2v) is 8.02. The highest BCUT2D eigenvalue weighted by molar-refractivity contribution is 5.81. The number of hydrogen-bond acceptors (Lipinski definition) is 8. The van der Waals surface area contributed by atoms with Gasteiger partial charge in [0, 0.05) is 44.3 Å². The van der Waals surface area contributed by atoms with Gasteiger partial charge >= 0.3 is 12.0 Å². The zero-order valence-corrected chi connectivity index (χ0v) is 19.3. The highest BCUT2D eigenvalue weighted by atomic mass is 16.7. The van der Waals surface area contributed by atoms with Gasteiger partial charge in [0.15, 0.2) is 6.29 Å². The number of esters is 1. The van der Waals surface area contributed by atoms with Crippen LogP contribution in [-0.2, 0) is 25.5 Å². The highest BCUT2D eigenvalue weighted by Gasteiger charge is 2.27. The minimum absolute atomic E-state index is 0.113. The molecule has 11 heteroatoms. The zero-order chi connectivity index (χ0) is 23.8. The number of urea groups is 1. The van der Waals surface area contributed by atoms with Crippen LogP contribution >= 0.6 is 0 Å².